The fourth-order valence-corrected chi connectivity index (χ4v) is 6.82. The number of allylic oxidation sites excluding steroid dienone is 3. The molecule has 0 aromatic carbocycles. The molecular weight excluding hydrogens is 384 g/mol. The van der Waals surface area contributed by atoms with Gasteiger partial charge in [-0.1, -0.05) is 58.9 Å². The number of hydrogen-bond acceptors (Lipinski definition) is 3. The van der Waals surface area contributed by atoms with Gasteiger partial charge >= 0.3 is 0 Å². The lowest BCUT2D eigenvalue weighted by atomic mass is 9.56. The smallest absolute Gasteiger partial charge is 0.102 e. The molecule has 3 nitrogen and oxygen atoms in total. The standard InChI is InChI=1S/C28H46O3/c1-18(2)19(3)8-9-21(5)24-12-13-25-27(24,6)14-7-15-28(25,31)26(30)17-22-16-23(29)11-10-20(22)4/h8-9,17-19,21,23-26,29-31H,4,7,10-16H2,1-3,5-6H3/b9-8+,22-17-/t19-,21-,23-,24-,25-,26-,27-,28-/m1/s1. The fourth-order valence-electron chi connectivity index (χ4n) is 6.82. The van der Waals surface area contributed by atoms with Gasteiger partial charge in [-0.3, -0.25) is 0 Å². The number of hydrogen-bond donors (Lipinski definition) is 3. The molecule has 3 rings (SSSR count). The highest BCUT2D eigenvalue weighted by atomic mass is 16.3. The number of aliphatic hydroxyl groups is 3. The van der Waals surface area contributed by atoms with Crippen LogP contribution < -0.4 is 0 Å². The fraction of sp³-hybridized carbons (Fsp3) is 0.786. The topological polar surface area (TPSA) is 60.7 Å². The molecule has 0 unspecified atom stereocenters. The second-order valence-electron chi connectivity index (χ2n) is 11.6. The van der Waals surface area contributed by atoms with Crippen LogP contribution >= 0.6 is 0 Å². The van der Waals surface area contributed by atoms with Crippen LogP contribution in [0.3, 0.4) is 0 Å². The molecule has 0 aliphatic heterocycles. The molecule has 0 radical (unpaired) electrons. The van der Waals surface area contributed by atoms with Crippen LogP contribution in [0.4, 0.5) is 0 Å². The molecule has 31 heavy (non-hydrogen) atoms. The van der Waals surface area contributed by atoms with Crippen LogP contribution in [-0.4, -0.2) is 33.1 Å². The van der Waals surface area contributed by atoms with Gasteiger partial charge in [0.05, 0.1) is 11.7 Å². The van der Waals surface area contributed by atoms with Crippen molar-refractivity contribution in [3.05, 3.63) is 36.0 Å². The molecular formula is C28H46O3. The first kappa shape index (κ1) is 24.7. The van der Waals surface area contributed by atoms with E-state index in [-0.39, 0.29) is 17.4 Å². The van der Waals surface area contributed by atoms with Crippen molar-refractivity contribution in [3.8, 4) is 0 Å². The van der Waals surface area contributed by atoms with Gasteiger partial charge < -0.3 is 15.3 Å². The Morgan fingerprint density at radius 1 is 1.06 bits per heavy atom. The van der Waals surface area contributed by atoms with E-state index in [0.717, 1.165) is 49.7 Å². The van der Waals surface area contributed by atoms with Gasteiger partial charge in [0.25, 0.3) is 0 Å². The van der Waals surface area contributed by atoms with Crippen LogP contribution in [-0.2, 0) is 0 Å². The molecule has 3 saturated carbocycles. The molecule has 3 fully saturated rings. The normalized spacial score (nSPS) is 41.0. The molecule has 8 atom stereocenters. The number of aliphatic hydroxyl groups excluding tert-OH is 2. The summed E-state index contributed by atoms with van der Waals surface area (Å²) in [5, 5.41) is 33.2. The lowest BCUT2D eigenvalue weighted by molar-refractivity contribution is -0.155. The molecule has 0 amide bonds. The summed E-state index contributed by atoms with van der Waals surface area (Å²) in [5.41, 5.74) is 0.876. The van der Waals surface area contributed by atoms with Gasteiger partial charge in [-0.15, -0.1) is 0 Å². The third-order valence-corrected chi connectivity index (χ3v) is 9.27. The third kappa shape index (κ3) is 4.89. The Kier molecular flexibility index (Phi) is 7.61. The molecule has 0 bridgehead atoms. The molecule has 3 aliphatic rings. The van der Waals surface area contributed by atoms with Crippen molar-refractivity contribution >= 4 is 0 Å². The molecule has 0 aromatic heterocycles. The Bertz CT molecular complexity index is 707. The first-order valence-electron chi connectivity index (χ1n) is 12.6. The predicted molar refractivity (Wildman–Crippen MR) is 129 cm³/mol. The average molecular weight is 431 g/mol. The maximum absolute atomic E-state index is 11.8. The molecule has 3 heteroatoms. The maximum Gasteiger partial charge on any atom is 0.102 e. The molecule has 176 valence electrons. The monoisotopic (exact) mass is 430 g/mol. The van der Waals surface area contributed by atoms with E-state index in [9.17, 15) is 15.3 Å². The van der Waals surface area contributed by atoms with Crippen LogP contribution in [0.1, 0.15) is 86.0 Å². The molecule has 3 N–H and O–H groups in total. The van der Waals surface area contributed by atoms with Gasteiger partial charge in [0.1, 0.15) is 6.10 Å². The summed E-state index contributed by atoms with van der Waals surface area (Å²) >= 11 is 0. The van der Waals surface area contributed by atoms with Crippen molar-refractivity contribution in [2.24, 2.45) is 35.0 Å². The third-order valence-electron chi connectivity index (χ3n) is 9.27. The first-order chi connectivity index (χ1) is 14.5. The maximum atomic E-state index is 11.8. The zero-order chi connectivity index (χ0) is 23.0. The molecule has 0 heterocycles. The summed E-state index contributed by atoms with van der Waals surface area (Å²) in [7, 11) is 0. The highest BCUT2D eigenvalue weighted by Crippen LogP contribution is 2.61. The summed E-state index contributed by atoms with van der Waals surface area (Å²) in [6.07, 6.45) is 12.2. The molecule has 0 saturated heterocycles. The summed E-state index contributed by atoms with van der Waals surface area (Å²) in [6.45, 7) is 15.6. The summed E-state index contributed by atoms with van der Waals surface area (Å²) < 4.78 is 0. The van der Waals surface area contributed by atoms with E-state index < -0.39 is 11.7 Å². The second kappa shape index (κ2) is 9.53. The average Bonchev–Trinajstić information content (AvgIpc) is 3.07. The van der Waals surface area contributed by atoms with E-state index in [4.69, 9.17) is 0 Å². The van der Waals surface area contributed by atoms with Gasteiger partial charge in [-0.2, -0.15) is 0 Å². The Balaban J connectivity index is 1.80. The second-order valence-corrected chi connectivity index (χ2v) is 11.6. The van der Waals surface area contributed by atoms with Crippen molar-refractivity contribution < 1.29 is 15.3 Å². The highest BCUT2D eigenvalue weighted by molar-refractivity contribution is 5.33. The molecule has 3 aliphatic carbocycles. The first-order valence-corrected chi connectivity index (χ1v) is 12.6. The largest absolute Gasteiger partial charge is 0.393 e. The van der Waals surface area contributed by atoms with Crippen LogP contribution in [0.2, 0.25) is 0 Å². The predicted octanol–water partition coefficient (Wildman–Crippen LogP) is 5.81. The molecule has 0 spiro atoms. The lowest BCUT2D eigenvalue weighted by Gasteiger charge is -2.52. The van der Waals surface area contributed by atoms with E-state index in [1.807, 2.05) is 6.08 Å². The zero-order valence-corrected chi connectivity index (χ0v) is 20.5. The quantitative estimate of drug-likeness (QED) is 0.466. The Morgan fingerprint density at radius 2 is 1.77 bits per heavy atom. The van der Waals surface area contributed by atoms with E-state index in [1.54, 1.807) is 0 Å². The SMILES string of the molecule is C=C1CC[C@@H](O)C/C1=C/[C@@H](O)[C@@]1(O)CCC[C@]2(C)[C@@H]([C@H](C)/C=C/[C@@H](C)C(C)C)CC[C@H]21. The van der Waals surface area contributed by atoms with Crippen LogP contribution in [0.25, 0.3) is 0 Å². The highest BCUT2D eigenvalue weighted by Gasteiger charge is 2.59. The van der Waals surface area contributed by atoms with Gasteiger partial charge in [0.15, 0.2) is 0 Å². The Labute approximate surface area is 190 Å². The summed E-state index contributed by atoms with van der Waals surface area (Å²) in [6, 6.07) is 0. The summed E-state index contributed by atoms with van der Waals surface area (Å²) in [4.78, 5) is 0. The van der Waals surface area contributed by atoms with Crippen molar-refractivity contribution in [1.82, 2.24) is 0 Å². The van der Waals surface area contributed by atoms with Gasteiger partial charge in [0.2, 0.25) is 0 Å². The van der Waals surface area contributed by atoms with Gasteiger partial charge in [0, 0.05) is 0 Å². The van der Waals surface area contributed by atoms with E-state index >= 15 is 0 Å². The lowest BCUT2D eigenvalue weighted by Crippen LogP contribution is -2.56. The van der Waals surface area contributed by atoms with Crippen LogP contribution in [0.15, 0.2) is 36.0 Å². The van der Waals surface area contributed by atoms with Gasteiger partial charge in [-0.05, 0) is 98.0 Å². The van der Waals surface area contributed by atoms with E-state index in [0.29, 0.717) is 36.5 Å². The minimum atomic E-state index is -1.09. The van der Waals surface area contributed by atoms with E-state index in [2.05, 4.69) is 53.3 Å². The van der Waals surface area contributed by atoms with Crippen LogP contribution in [0, 0.1) is 35.0 Å². The summed E-state index contributed by atoms with van der Waals surface area (Å²) in [5.74, 6) is 2.33. The van der Waals surface area contributed by atoms with Crippen LogP contribution in [0.5, 0.6) is 0 Å². The number of fused-ring (bicyclic) bond motifs is 1. The minimum absolute atomic E-state index is 0.0421. The van der Waals surface area contributed by atoms with Gasteiger partial charge in [-0.25, -0.2) is 0 Å². The Morgan fingerprint density at radius 3 is 2.45 bits per heavy atom. The van der Waals surface area contributed by atoms with E-state index in [1.165, 1.54) is 0 Å². The van der Waals surface area contributed by atoms with Crippen molar-refractivity contribution in [2.75, 3.05) is 0 Å². The Hall–Kier alpha value is -0.900. The van der Waals surface area contributed by atoms with Crippen molar-refractivity contribution in [1.29, 1.82) is 0 Å². The van der Waals surface area contributed by atoms with Crippen molar-refractivity contribution in [2.45, 2.75) is 104 Å². The number of rotatable bonds is 6. The minimum Gasteiger partial charge on any atom is -0.393 e. The molecule has 0 aromatic rings. The zero-order valence-electron chi connectivity index (χ0n) is 20.5. The van der Waals surface area contributed by atoms with Crippen molar-refractivity contribution in [3.63, 3.8) is 0 Å².